The van der Waals surface area contributed by atoms with Gasteiger partial charge in [-0.2, -0.15) is 0 Å². The van der Waals surface area contributed by atoms with Crippen molar-refractivity contribution in [2.45, 2.75) is 44.4 Å². The van der Waals surface area contributed by atoms with E-state index in [9.17, 15) is 9.59 Å². The summed E-state index contributed by atoms with van der Waals surface area (Å²) in [5.41, 5.74) is 4.81. The molecule has 4 aromatic rings. The second kappa shape index (κ2) is 12.0. The van der Waals surface area contributed by atoms with Crippen molar-refractivity contribution in [1.29, 1.82) is 0 Å². The number of fused-ring (bicyclic) bond motifs is 1. The highest BCUT2D eigenvalue weighted by Crippen LogP contribution is 2.27. The van der Waals surface area contributed by atoms with Gasteiger partial charge in [0.05, 0.1) is 0 Å². The third kappa shape index (κ3) is 6.42. The molecule has 1 aromatic heterocycles. The lowest BCUT2D eigenvalue weighted by Gasteiger charge is -2.19. The van der Waals surface area contributed by atoms with Crippen LogP contribution in [0, 0.1) is 0 Å². The standard InChI is InChI=1S/C31H34N4O3/c1-35-16-8-13-26(35)18-24-20-32-28-15-14-25(19-27(24)28)33-30(36)29(17-22-9-4-2-5-10-22)34-31(37)38-21-23-11-6-3-7-12-23/h2-7,9-12,14-15,19-20,26,29,32H,8,13,16-18,21H2,1H3,(H,33,36)(H,34,37)/t26?,29-/m0/s1. The Balaban J connectivity index is 1.29. The topological polar surface area (TPSA) is 86.5 Å². The number of hydrogen-bond donors (Lipinski definition) is 3. The molecule has 0 saturated carbocycles. The molecule has 0 radical (unpaired) electrons. The third-order valence-electron chi connectivity index (χ3n) is 7.27. The number of nitrogens with zero attached hydrogens (tertiary/aromatic N) is 1. The first-order valence-electron chi connectivity index (χ1n) is 13.2. The summed E-state index contributed by atoms with van der Waals surface area (Å²) in [6.45, 7) is 1.27. The first kappa shape index (κ1) is 25.5. The smallest absolute Gasteiger partial charge is 0.408 e. The molecular weight excluding hydrogens is 476 g/mol. The van der Waals surface area contributed by atoms with Crippen molar-refractivity contribution in [2.24, 2.45) is 0 Å². The van der Waals surface area contributed by atoms with Gasteiger partial charge in [0, 0.05) is 35.2 Å². The molecule has 2 atom stereocenters. The lowest BCUT2D eigenvalue weighted by Crippen LogP contribution is -2.45. The van der Waals surface area contributed by atoms with Crippen LogP contribution in [0.3, 0.4) is 0 Å². The molecule has 7 nitrogen and oxygen atoms in total. The van der Waals surface area contributed by atoms with E-state index in [2.05, 4.69) is 33.8 Å². The summed E-state index contributed by atoms with van der Waals surface area (Å²) in [4.78, 5) is 31.8. The van der Waals surface area contributed by atoms with Gasteiger partial charge < -0.3 is 25.3 Å². The molecule has 0 spiro atoms. The number of likely N-dealkylation sites (N-methyl/N-ethyl adjacent to an activating group) is 1. The molecule has 1 aliphatic heterocycles. The monoisotopic (exact) mass is 510 g/mol. The number of carbonyl (C=O) groups is 2. The SMILES string of the molecule is CN1CCCC1Cc1c[nH]c2ccc(NC(=O)[C@H](Cc3ccccc3)NC(=O)OCc3ccccc3)cc12. The van der Waals surface area contributed by atoms with Crippen LogP contribution in [-0.4, -0.2) is 47.6 Å². The Morgan fingerprint density at radius 3 is 2.47 bits per heavy atom. The van der Waals surface area contributed by atoms with Crippen LogP contribution in [-0.2, 0) is 29.0 Å². The number of nitrogens with one attached hydrogen (secondary N) is 3. The van der Waals surface area contributed by atoms with E-state index in [-0.39, 0.29) is 12.5 Å². The molecule has 2 heterocycles. The quantitative estimate of drug-likeness (QED) is 0.286. The Labute approximate surface area is 223 Å². The summed E-state index contributed by atoms with van der Waals surface area (Å²) in [6.07, 6.45) is 5.19. The molecule has 2 amide bonds. The fraction of sp³-hybridized carbons (Fsp3) is 0.290. The van der Waals surface area contributed by atoms with Gasteiger partial charge in [0.15, 0.2) is 0 Å². The molecule has 7 heteroatoms. The first-order chi connectivity index (χ1) is 18.5. The molecule has 3 N–H and O–H groups in total. The van der Waals surface area contributed by atoms with E-state index in [1.807, 2.05) is 78.9 Å². The Bertz CT molecular complexity index is 1370. The maximum Gasteiger partial charge on any atom is 0.408 e. The molecule has 1 aliphatic rings. The minimum atomic E-state index is -0.797. The number of aromatic amines is 1. The van der Waals surface area contributed by atoms with Gasteiger partial charge in [-0.05, 0) is 67.7 Å². The third-order valence-corrected chi connectivity index (χ3v) is 7.27. The average molecular weight is 511 g/mol. The van der Waals surface area contributed by atoms with Gasteiger partial charge in [0.1, 0.15) is 12.6 Å². The van der Waals surface area contributed by atoms with Crippen molar-refractivity contribution in [1.82, 2.24) is 15.2 Å². The van der Waals surface area contributed by atoms with E-state index in [0.717, 1.165) is 35.0 Å². The maximum absolute atomic E-state index is 13.4. The van der Waals surface area contributed by atoms with Crippen LogP contribution in [0.25, 0.3) is 10.9 Å². The zero-order valence-corrected chi connectivity index (χ0v) is 21.7. The molecule has 5 rings (SSSR count). The zero-order chi connectivity index (χ0) is 26.3. The van der Waals surface area contributed by atoms with Gasteiger partial charge >= 0.3 is 6.09 Å². The number of rotatable bonds is 9. The highest BCUT2D eigenvalue weighted by atomic mass is 16.5. The van der Waals surface area contributed by atoms with Crippen molar-refractivity contribution in [3.05, 3.63) is 102 Å². The van der Waals surface area contributed by atoms with Crippen molar-refractivity contribution in [3.63, 3.8) is 0 Å². The average Bonchev–Trinajstić information content (AvgIpc) is 3.53. The molecule has 1 fully saturated rings. The zero-order valence-electron chi connectivity index (χ0n) is 21.7. The summed E-state index contributed by atoms with van der Waals surface area (Å²) < 4.78 is 5.39. The van der Waals surface area contributed by atoms with Gasteiger partial charge in [0.25, 0.3) is 0 Å². The highest BCUT2D eigenvalue weighted by molar-refractivity contribution is 5.98. The van der Waals surface area contributed by atoms with E-state index < -0.39 is 12.1 Å². The molecular formula is C31H34N4O3. The second-order valence-corrected chi connectivity index (χ2v) is 9.99. The number of anilines is 1. The molecule has 38 heavy (non-hydrogen) atoms. The van der Waals surface area contributed by atoms with Crippen LogP contribution in [0.2, 0.25) is 0 Å². The van der Waals surface area contributed by atoms with Crippen molar-refractivity contribution < 1.29 is 14.3 Å². The lowest BCUT2D eigenvalue weighted by molar-refractivity contribution is -0.118. The second-order valence-electron chi connectivity index (χ2n) is 9.99. The summed E-state index contributed by atoms with van der Waals surface area (Å²) in [7, 11) is 2.18. The van der Waals surface area contributed by atoms with E-state index in [0.29, 0.717) is 18.2 Å². The van der Waals surface area contributed by atoms with Gasteiger partial charge in [-0.3, -0.25) is 4.79 Å². The molecule has 1 unspecified atom stereocenters. The number of hydrogen-bond acceptors (Lipinski definition) is 4. The number of ether oxygens (including phenoxy) is 1. The first-order valence-corrected chi connectivity index (χ1v) is 13.2. The minimum absolute atomic E-state index is 0.134. The normalized spacial score (nSPS) is 16.3. The van der Waals surface area contributed by atoms with Crippen LogP contribution in [0.4, 0.5) is 10.5 Å². The van der Waals surface area contributed by atoms with Gasteiger partial charge in [0.2, 0.25) is 5.91 Å². The van der Waals surface area contributed by atoms with Crippen molar-refractivity contribution >= 4 is 28.6 Å². The minimum Gasteiger partial charge on any atom is -0.445 e. The predicted octanol–water partition coefficient (Wildman–Crippen LogP) is 5.28. The van der Waals surface area contributed by atoms with Crippen LogP contribution in [0.5, 0.6) is 0 Å². The number of likely N-dealkylation sites (tertiary alicyclic amines) is 1. The maximum atomic E-state index is 13.4. The largest absolute Gasteiger partial charge is 0.445 e. The summed E-state index contributed by atoms with van der Waals surface area (Å²) >= 11 is 0. The Morgan fingerprint density at radius 1 is 1.03 bits per heavy atom. The fourth-order valence-electron chi connectivity index (χ4n) is 5.11. The van der Waals surface area contributed by atoms with E-state index in [1.165, 1.54) is 18.4 Å². The van der Waals surface area contributed by atoms with Gasteiger partial charge in [-0.1, -0.05) is 60.7 Å². The van der Waals surface area contributed by atoms with Crippen LogP contribution in [0.15, 0.2) is 85.1 Å². The van der Waals surface area contributed by atoms with Crippen LogP contribution < -0.4 is 10.6 Å². The summed E-state index contributed by atoms with van der Waals surface area (Å²) in [5.74, 6) is -0.294. The lowest BCUT2D eigenvalue weighted by atomic mass is 10.0. The number of alkyl carbamates (subject to hydrolysis) is 1. The number of benzene rings is 3. The summed E-state index contributed by atoms with van der Waals surface area (Å²) in [5, 5.41) is 6.90. The Kier molecular flexibility index (Phi) is 8.04. The molecule has 0 bridgehead atoms. The van der Waals surface area contributed by atoms with Crippen LogP contribution >= 0.6 is 0 Å². The highest BCUT2D eigenvalue weighted by Gasteiger charge is 2.24. The number of amides is 2. The summed E-state index contributed by atoms with van der Waals surface area (Å²) in [6, 6.07) is 24.7. The molecule has 3 aromatic carbocycles. The molecule has 196 valence electrons. The molecule has 0 aliphatic carbocycles. The van der Waals surface area contributed by atoms with E-state index >= 15 is 0 Å². The van der Waals surface area contributed by atoms with Crippen molar-refractivity contribution in [3.8, 4) is 0 Å². The van der Waals surface area contributed by atoms with Crippen molar-refractivity contribution in [2.75, 3.05) is 18.9 Å². The number of aromatic nitrogens is 1. The Hall–Kier alpha value is -4.10. The van der Waals surface area contributed by atoms with E-state index in [1.54, 1.807) is 0 Å². The molecule has 1 saturated heterocycles. The van der Waals surface area contributed by atoms with Gasteiger partial charge in [-0.25, -0.2) is 4.79 Å². The van der Waals surface area contributed by atoms with Crippen LogP contribution in [0.1, 0.15) is 29.5 Å². The number of H-pyrrole nitrogens is 1. The number of carbonyl (C=O) groups excluding carboxylic acids is 2. The Morgan fingerprint density at radius 2 is 1.76 bits per heavy atom. The predicted molar refractivity (Wildman–Crippen MR) is 150 cm³/mol. The van der Waals surface area contributed by atoms with E-state index in [4.69, 9.17) is 4.74 Å². The fourth-order valence-corrected chi connectivity index (χ4v) is 5.11. The van der Waals surface area contributed by atoms with Gasteiger partial charge in [-0.15, -0.1) is 0 Å².